The number of amides is 2. The van der Waals surface area contributed by atoms with Crippen LogP contribution in [0, 0.1) is 18.8 Å². The maximum Gasteiger partial charge on any atom is 0.237 e. The number of rotatable bonds is 4. The molecule has 180 valence electrons. The van der Waals surface area contributed by atoms with Crippen LogP contribution in [0.25, 0.3) is 0 Å². The van der Waals surface area contributed by atoms with Gasteiger partial charge in [0.05, 0.1) is 17.9 Å². The number of imide groups is 1. The number of fused-ring (bicyclic) bond motifs is 3. The second kappa shape index (κ2) is 8.07. The van der Waals surface area contributed by atoms with Gasteiger partial charge in [-0.05, 0) is 31.4 Å². The van der Waals surface area contributed by atoms with Gasteiger partial charge in [0.1, 0.15) is 0 Å². The van der Waals surface area contributed by atoms with Gasteiger partial charge in [0.15, 0.2) is 0 Å². The van der Waals surface area contributed by atoms with E-state index in [0.717, 1.165) is 11.1 Å². The van der Waals surface area contributed by atoms with Gasteiger partial charge >= 0.3 is 0 Å². The molecule has 2 amide bonds. The summed E-state index contributed by atoms with van der Waals surface area (Å²) >= 11 is 0. The van der Waals surface area contributed by atoms with Crippen LogP contribution in [0.5, 0.6) is 0 Å². The predicted octanol–water partition coefficient (Wildman–Crippen LogP) is 4.12. The highest BCUT2D eigenvalue weighted by Crippen LogP contribution is 2.57. The van der Waals surface area contributed by atoms with Crippen LogP contribution in [0.2, 0.25) is 0 Å². The lowest BCUT2D eigenvalue weighted by molar-refractivity contribution is -0.147. The van der Waals surface area contributed by atoms with Gasteiger partial charge in [-0.3, -0.25) is 24.1 Å². The van der Waals surface area contributed by atoms with Gasteiger partial charge in [0.25, 0.3) is 0 Å². The predicted molar refractivity (Wildman–Crippen MR) is 131 cm³/mol. The van der Waals surface area contributed by atoms with E-state index in [9.17, 15) is 19.2 Å². The van der Waals surface area contributed by atoms with Crippen LogP contribution < -0.4 is 0 Å². The number of ketones is 2. The van der Waals surface area contributed by atoms with Crippen molar-refractivity contribution in [1.82, 2.24) is 4.90 Å². The molecule has 2 fully saturated rings. The Labute approximate surface area is 208 Å². The molecule has 0 aromatic heterocycles. The molecule has 4 atom stereocenters. The van der Waals surface area contributed by atoms with Crippen molar-refractivity contribution in [3.63, 3.8) is 0 Å². The van der Waals surface area contributed by atoms with Crippen molar-refractivity contribution in [2.75, 3.05) is 0 Å². The maximum atomic E-state index is 14.0. The van der Waals surface area contributed by atoms with E-state index < -0.39 is 53.0 Å². The quantitative estimate of drug-likeness (QED) is 0.416. The topological polar surface area (TPSA) is 80.8 Å². The van der Waals surface area contributed by atoms with Crippen molar-refractivity contribution in [3.05, 3.63) is 107 Å². The van der Waals surface area contributed by atoms with Gasteiger partial charge in [0.2, 0.25) is 29.0 Å². The van der Waals surface area contributed by atoms with E-state index in [2.05, 4.69) is 0 Å². The van der Waals surface area contributed by atoms with E-state index in [-0.39, 0.29) is 11.1 Å². The van der Waals surface area contributed by atoms with E-state index in [1.165, 1.54) is 4.90 Å². The Morgan fingerprint density at radius 3 is 2.11 bits per heavy atom. The fourth-order valence-electron chi connectivity index (χ4n) is 6.17. The molecule has 6 heteroatoms. The number of Topliss-reactive ketones (excluding diaryl/α,β-unsaturated/α-hetero) is 2. The van der Waals surface area contributed by atoms with E-state index in [1.54, 1.807) is 24.3 Å². The van der Waals surface area contributed by atoms with Crippen LogP contribution in [-0.4, -0.2) is 39.9 Å². The smallest absolute Gasteiger partial charge is 0.237 e. The summed E-state index contributed by atoms with van der Waals surface area (Å²) in [7, 11) is 0. The maximum absolute atomic E-state index is 14.0. The minimum Gasteiger partial charge on any atom is -0.349 e. The number of carbonyl (C=O) groups is 4. The van der Waals surface area contributed by atoms with E-state index >= 15 is 0 Å². The number of carbonyl (C=O) groups excluding carboxylic acids is 4. The minimum atomic E-state index is -2.03. The van der Waals surface area contributed by atoms with E-state index in [0.29, 0.717) is 12.0 Å². The molecule has 1 aliphatic carbocycles. The van der Waals surface area contributed by atoms with E-state index in [4.69, 9.17) is 4.74 Å². The molecule has 36 heavy (non-hydrogen) atoms. The summed E-state index contributed by atoms with van der Waals surface area (Å²) in [6.07, 6.45) is -0.412. The van der Waals surface area contributed by atoms with Crippen molar-refractivity contribution < 1.29 is 23.9 Å². The molecule has 3 aromatic carbocycles. The highest BCUT2D eigenvalue weighted by molar-refractivity contribution is 6.35. The van der Waals surface area contributed by atoms with Crippen molar-refractivity contribution in [3.8, 4) is 0 Å². The van der Waals surface area contributed by atoms with Gasteiger partial charge in [0, 0.05) is 17.2 Å². The average Bonchev–Trinajstić information content (AvgIpc) is 3.44. The third-order valence-electron chi connectivity index (χ3n) is 7.74. The summed E-state index contributed by atoms with van der Waals surface area (Å²) in [6, 6.07) is 23.2. The molecule has 3 aliphatic rings. The third kappa shape index (κ3) is 3.00. The average molecular weight is 480 g/mol. The van der Waals surface area contributed by atoms with Crippen molar-refractivity contribution >= 4 is 23.4 Å². The molecule has 0 N–H and O–H groups in total. The number of aryl methyl sites for hydroxylation is 1. The molecular weight excluding hydrogens is 454 g/mol. The molecule has 6 rings (SSSR count). The number of hydrogen-bond donors (Lipinski definition) is 0. The Bertz CT molecular complexity index is 1390. The fourth-order valence-corrected chi connectivity index (χ4v) is 6.17. The molecule has 0 bridgehead atoms. The summed E-state index contributed by atoms with van der Waals surface area (Å²) in [5, 5.41) is 0. The Hall–Kier alpha value is -3.90. The second-order valence-electron chi connectivity index (χ2n) is 9.98. The van der Waals surface area contributed by atoms with E-state index in [1.807, 2.05) is 68.4 Å². The van der Waals surface area contributed by atoms with Crippen molar-refractivity contribution in [2.24, 2.45) is 11.8 Å². The summed E-state index contributed by atoms with van der Waals surface area (Å²) in [5.41, 5.74) is 1.06. The number of benzene rings is 3. The first kappa shape index (κ1) is 22.6. The van der Waals surface area contributed by atoms with Gasteiger partial charge in [-0.1, -0.05) is 84.4 Å². The molecule has 0 saturated carbocycles. The standard InChI is InChI=1S/C30H25NO5/c1-17-9-8-12-20(15-17)25-23-24(30(36-25)26(32)21-13-6-7-14-22(21)27(30)33)29(35)31(28(23)34)18(2)16-19-10-4-3-5-11-19/h3-15,18,23-25H,16H2,1-2H3. The Morgan fingerprint density at radius 1 is 0.833 bits per heavy atom. The molecule has 0 radical (unpaired) electrons. The summed E-state index contributed by atoms with van der Waals surface area (Å²) in [6.45, 7) is 3.75. The lowest BCUT2D eigenvalue weighted by Gasteiger charge is -2.29. The Balaban J connectivity index is 1.47. The number of ether oxygens (including phenoxy) is 1. The van der Waals surface area contributed by atoms with Crippen LogP contribution >= 0.6 is 0 Å². The summed E-state index contributed by atoms with van der Waals surface area (Å²) in [5.74, 6) is -4.15. The van der Waals surface area contributed by atoms with Crippen LogP contribution in [0.3, 0.4) is 0 Å². The van der Waals surface area contributed by atoms with Crippen LogP contribution in [-0.2, 0) is 20.7 Å². The van der Waals surface area contributed by atoms with Gasteiger partial charge in [-0.15, -0.1) is 0 Å². The molecular formula is C30H25NO5. The Kier molecular flexibility index (Phi) is 5.05. The van der Waals surface area contributed by atoms with Gasteiger partial charge in [-0.25, -0.2) is 0 Å². The van der Waals surface area contributed by atoms with Crippen LogP contribution in [0.4, 0.5) is 0 Å². The normalized spacial score (nSPS) is 24.9. The lowest BCUT2D eigenvalue weighted by atomic mass is 9.77. The highest BCUT2D eigenvalue weighted by Gasteiger charge is 2.74. The largest absolute Gasteiger partial charge is 0.349 e. The molecule has 1 spiro atoms. The molecule has 2 saturated heterocycles. The number of hydrogen-bond acceptors (Lipinski definition) is 5. The zero-order chi connectivity index (χ0) is 25.2. The van der Waals surface area contributed by atoms with Crippen LogP contribution in [0.1, 0.15) is 50.4 Å². The van der Waals surface area contributed by atoms with Gasteiger partial charge < -0.3 is 4.74 Å². The molecule has 4 unspecified atom stereocenters. The zero-order valence-corrected chi connectivity index (χ0v) is 20.0. The first-order chi connectivity index (χ1) is 17.3. The summed E-state index contributed by atoms with van der Waals surface area (Å²) < 4.78 is 6.34. The fraction of sp³-hybridized carbons (Fsp3) is 0.267. The zero-order valence-electron chi connectivity index (χ0n) is 20.0. The van der Waals surface area contributed by atoms with Gasteiger partial charge in [-0.2, -0.15) is 0 Å². The molecule has 2 aliphatic heterocycles. The number of likely N-dealkylation sites (tertiary alicyclic amines) is 1. The third-order valence-corrected chi connectivity index (χ3v) is 7.74. The second-order valence-corrected chi connectivity index (χ2v) is 9.98. The molecule has 2 heterocycles. The highest BCUT2D eigenvalue weighted by atomic mass is 16.5. The monoisotopic (exact) mass is 479 g/mol. The van der Waals surface area contributed by atoms with Crippen molar-refractivity contribution in [2.45, 2.75) is 38.0 Å². The van der Waals surface area contributed by atoms with Crippen LogP contribution in [0.15, 0.2) is 78.9 Å². The SMILES string of the molecule is Cc1cccc(C2OC3(C(=O)c4ccccc4C3=O)C3C(=O)N(C(C)Cc4ccccc4)C(=O)C23)c1. The first-order valence-corrected chi connectivity index (χ1v) is 12.2. The molecule has 3 aromatic rings. The lowest BCUT2D eigenvalue weighted by Crippen LogP contribution is -2.52. The minimum absolute atomic E-state index is 0.238. The van der Waals surface area contributed by atoms with Crippen molar-refractivity contribution in [1.29, 1.82) is 0 Å². The Morgan fingerprint density at radius 2 is 1.47 bits per heavy atom. The summed E-state index contributed by atoms with van der Waals surface area (Å²) in [4.78, 5) is 56.8. The first-order valence-electron chi connectivity index (χ1n) is 12.2. The number of nitrogens with zero attached hydrogens (tertiary/aromatic N) is 1. The molecule has 6 nitrogen and oxygen atoms in total.